The fraction of sp³-hybridized carbons (Fsp3) is 0.0588. The van der Waals surface area contributed by atoms with Crippen molar-refractivity contribution in [1.82, 2.24) is 5.32 Å². The zero-order chi connectivity index (χ0) is 18.0. The number of para-hydroxylation sites is 1. The highest BCUT2D eigenvalue weighted by Crippen LogP contribution is 2.37. The molecular formula is C17H10ClF3N2OS. The van der Waals surface area contributed by atoms with Crippen molar-refractivity contribution in [2.24, 2.45) is 4.99 Å². The SMILES string of the molecule is O=C1NC(=Nc2ccccc2C(F)(F)F)S/C1=C\c1ccc(Cl)cc1. The van der Waals surface area contributed by atoms with Crippen LogP contribution in [0.1, 0.15) is 11.1 Å². The van der Waals surface area contributed by atoms with Gasteiger partial charge in [-0.15, -0.1) is 0 Å². The van der Waals surface area contributed by atoms with Gasteiger partial charge in [0.1, 0.15) is 0 Å². The number of amidine groups is 1. The Balaban J connectivity index is 1.88. The summed E-state index contributed by atoms with van der Waals surface area (Å²) in [6.07, 6.45) is -2.90. The molecule has 2 aromatic rings. The minimum atomic E-state index is -4.52. The molecule has 0 bridgehead atoms. The number of carbonyl (C=O) groups excluding carboxylic acids is 1. The Bertz CT molecular complexity index is 876. The lowest BCUT2D eigenvalue weighted by molar-refractivity contribution is -0.137. The quantitative estimate of drug-likeness (QED) is 0.721. The highest BCUT2D eigenvalue weighted by atomic mass is 35.5. The molecule has 0 spiro atoms. The van der Waals surface area contributed by atoms with Gasteiger partial charge in [-0.2, -0.15) is 13.2 Å². The van der Waals surface area contributed by atoms with Crippen LogP contribution in [0.3, 0.4) is 0 Å². The summed E-state index contributed by atoms with van der Waals surface area (Å²) >= 11 is 6.79. The van der Waals surface area contributed by atoms with Crippen molar-refractivity contribution in [2.75, 3.05) is 0 Å². The summed E-state index contributed by atoms with van der Waals surface area (Å²) in [5.41, 5.74) is -0.350. The Kier molecular flexibility index (Phi) is 4.87. The molecule has 1 heterocycles. The number of rotatable bonds is 2. The Hall–Kier alpha value is -2.25. The maximum atomic E-state index is 13.0. The first-order valence-electron chi connectivity index (χ1n) is 7.04. The van der Waals surface area contributed by atoms with E-state index in [4.69, 9.17) is 11.6 Å². The third kappa shape index (κ3) is 4.24. The number of hydrogen-bond acceptors (Lipinski definition) is 3. The third-order valence-electron chi connectivity index (χ3n) is 3.25. The summed E-state index contributed by atoms with van der Waals surface area (Å²) in [6, 6.07) is 11.8. The molecule has 1 fully saturated rings. The van der Waals surface area contributed by atoms with Crippen LogP contribution < -0.4 is 5.32 Å². The number of benzene rings is 2. The molecule has 1 aliphatic heterocycles. The van der Waals surface area contributed by atoms with Crippen molar-refractivity contribution in [1.29, 1.82) is 0 Å². The lowest BCUT2D eigenvalue weighted by Crippen LogP contribution is -2.19. The minimum absolute atomic E-state index is 0.0990. The third-order valence-corrected chi connectivity index (χ3v) is 4.41. The zero-order valence-corrected chi connectivity index (χ0v) is 14.0. The normalized spacial score (nSPS) is 18.0. The van der Waals surface area contributed by atoms with Gasteiger partial charge in [-0.05, 0) is 47.7 Å². The van der Waals surface area contributed by atoms with Gasteiger partial charge in [0.2, 0.25) is 0 Å². The maximum absolute atomic E-state index is 13.0. The molecule has 0 radical (unpaired) electrons. The van der Waals surface area contributed by atoms with Crippen molar-refractivity contribution in [3.05, 3.63) is 69.6 Å². The molecule has 0 unspecified atom stereocenters. The topological polar surface area (TPSA) is 41.5 Å². The van der Waals surface area contributed by atoms with Crippen molar-refractivity contribution in [2.45, 2.75) is 6.18 Å². The second kappa shape index (κ2) is 6.93. The molecule has 3 rings (SSSR count). The predicted octanol–water partition coefficient (Wildman–Crippen LogP) is 5.25. The number of amides is 1. The van der Waals surface area contributed by atoms with Crippen molar-refractivity contribution < 1.29 is 18.0 Å². The zero-order valence-electron chi connectivity index (χ0n) is 12.5. The van der Waals surface area contributed by atoms with Gasteiger partial charge in [0, 0.05) is 5.02 Å². The molecule has 8 heteroatoms. The van der Waals surface area contributed by atoms with E-state index in [9.17, 15) is 18.0 Å². The van der Waals surface area contributed by atoms with E-state index in [1.54, 1.807) is 30.3 Å². The molecule has 25 heavy (non-hydrogen) atoms. The first-order valence-corrected chi connectivity index (χ1v) is 8.24. The Labute approximate surface area is 150 Å². The number of nitrogens with one attached hydrogen (secondary N) is 1. The molecule has 1 N–H and O–H groups in total. The van der Waals surface area contributed by atoms with Gasteiger partial charge in [0.15, 0.2) is 5.17 Å². The van der Waals surface area contributed by atoms with Crippen LogP contribution in [0.15, 0.2) is 58.4 Å². The summed E-state index contributed by atoms with van der Waals surface area (Å²) < 4.78 is 39.0. The second-order valence-corrected chi connectivity index (χ2v) is 6.52. The van der Waals surface area contributed by atoms with Crippen LogP contribution >= 0.6 is 23.4 Å². The van der Waals surface area contributed by atoms with E-state index in [0.717, 1.165) is 23.4 Å². The van der Waals surface area contributed by atoms with E-state index in [0.29, 0.717) is 9.93 Å². The Morgan fingerprint density at radius 3 is 2.44 bits per heavy atom. The van der Waals surface area contributed by atoms with Gasteiger partial charge < -0.3 is 5.32 Å². The molecular weight excluding hydrogens is 373 g/mol. The Morgan fingerprint density at radius 2 is 1.76 bits per heavy atom. The van der Waals surface area contributed by atoms with Gasteiger partial charge in [0.25, 0.3) is 5.91 Å². The van der Waals surface area contributed by atoms with Gasteiger partial charge in [-0.25, -0.2) is 4.99 Å². The van der Waals surface area contributed by atoms with Crippen LogP contribution in [-0.4, -0.2) is 11.1 Å². The van der Waals surface area contributed by atoms with E-state index in [1.165, 1.54) is 18.2 Å². The van der Waals surface area contributed by atoms with Gasteiger partial charge >= 0.3 is 6.18 Å². The summed E-state index contributed by atoms with van der Waals surface area (Å²) in [6.45, 7) is 0. The minimum Gasteiger partial charge on any atom is -0.300 e. The van der Waals surface area contributed by atoms with Crippen molar-refractivity contribution in [3.63, 3.8) is 0 Å². The lowest BCUT2D eigenvalue weighted by Gasteiger charge is -2.09. The summed E-state index contributed by atoms with van der Waals surface area (Å²) in [5.74, 6) is -0.414. The molecule has 1 amide bonds. The number of halogens is 4. The monoisotopic (exact) mass is 382 g/mol. The summed E-state index contributed by atoms with van der Waals surface area (Å²) in [7, 11) is 0. The number of hydrogen-bond donors (Lipinski definition) is 1. The van der Waals surface area contributed by atoms with E-state index in [2.05, 4.69) is 10.3 Å². The molecule has 0 saturated carbocycles. The largest absolute Gasteiger partial charge is 0.418 e. The van der Waals surface area contributed by atoms with Crippen LogP contribution in [0, 0.1) is 0 Å². The fourth-order valence-electron chi connectivity index (χ4n) is 2.11. The average molecular weight is 383 g/mol. The number of aliphatic imine (C=N–C) groups is 1. The number of alkyl halides is 3. The fourth-order valence-corrected chi connectivity index (χ4v) is 3.07. The van der Waals surface area contributed by atoms with Crippen LogP contribution in [0.25, 0.3) is 6.08 Å². The molecule has 0 aromatic heterocycles. The van der Waals surface area contributed by atoms with E-state index >= 15 is 0 Å². The number of carbonyl (C=O) groups is 1. The maximum Gasteiger partial charge on any atom is 0.418 e. The Morgan fingerprint density at radius 1 is 1.08 bits per heavy atom. The molecule has 0 aliphatic carbocycles. The second-order valence-electron chi connectivity index (χ2n) is 5.05. The molecule has 0 atom stereocenters. The van der Waals surface area contributed by atoms with Gasteiger partial charge in [0.05, 0.1) is 16.2 Å². The van der Waals surface area contributed by atoms with E-state index in [-0.39, 0.29) is 10.9 Å². The summed E-state index contributed by atoms with van der Waals surface area (Å²) in [5, 5.41) is 3.14. The average Bonchev–Trinajstić information content (AvgIpc) is 2.88. The summed E-state index contributed by atoms with van der Waals surface area (Å²) in [4.78, 5) is 16.3. The lowest BCUT2D eigenvalue weighted by atomic mass is 10.2. The van der Waals surface area contributed by atoms with Crippen LogP contribution in [0.2, 0.25) is 5.02 Å². The molecule has 1 aliphatic rings. The highest BCUT2D eigenvalue weighted by Gasteiger charge is 2.34. The number of thioether (sulfide) groups is 1. The van der Waals surface area contributed by atoms with Crippen LogP contribution in [-0.2, 0) is 11.0 Å². The smallest absolute Gasteiger partial charge is 0.300 e. The van der Waals surface area contributed by atoms with Crippen molar-refractivity contribution >= 4 is 46.2 Å². The standard InChI is InChI=1S/C17H10ClF3N2OS/c18-11-7-5-10(6-8-11)9-14-15(24)23-16(25-14)22-13-4-2-1-3-12(13)17(19,20)21/h1-9H,(H,22,23,24)/b14-9-. The van der Waals surface area contributed by atoms with E-state index < -0.39 is 17.6 Å². The molecule has 3 nitrogen and oxygen atoms in total. The van der Waals surface area contributed by atoms with Crippen LogP contribution in [0.4, 0.5) is 18.9 Å². The van der Waals surface area contributed by atoms with Crippen LogP contribution in [0.5, 0.6) is 0 Å². The van der Waals surface area contributed by atoms with Gasteiger partial charge in [-0.1, -0.05) is 35.9 Å². The predicted molar refractivity (Wildman–Crippen MR) is 93.7 cm³/mol. The molecule has 2 aromatic carbocycles. The van der Waals surface area contributed by atoms with Gasteiger partial charge in [-0.3, -0.25) is 4.79 Å². The van der Waals surface area contributed by atoms with E-state index in [1.807, 2.05) is 0 Å². The molecule has 1 saturated heterocycles. The number of nitrogens with zero attached hydrogens (tertiary/aromatic N) is 1. The first-order chi connectivity index (χ1) is 11.8. The molecule has 128 valence electrons. The first kappa shape index (κ1) is 17.6. The highest BCUT2D eigenvalue weighted by molar-refractivity contribution is 8.18. The van der Waals surface area contributed by atoms with Crippen molar-refractivity contribution in [3.8, 4) is 0 Å².